The van der Waals surface area contributed by atoms with E-state index < -0.39 is 0 Å². The summed E-state index contributed by atoms with van der Waals surface area (Å²) >= 11 is 0. The van der Waals surface area contributed by atoms with Crippen LogP contribution in [0.5, 0.6) is 11.5 Å². The zero-order valence-corrected chi connectivity index (χ0v) is 17.3. The number of ether oxygens (including phenoxy) is 2. The molecular formula is C22H32N4O3. The predicted molar refractivity (Wildman–Crippen MR) is 110 cm³/mol. The van der Waals surface area contributed by atoms with Gasteiger partial charge in [0.05, 0.1) is 0 Å². The second-order valence-corrected chi connectivity index (χ2v) is 9.08. The van der Waals surface area contributed by atoms with Gasteiger partial charge >= 0.3 is 0 Å². The molecule has 1 amide bonds. The molecule has 1 N–H and O–H groups in total. The van der Waals surface area contributed by atoms with Gasteiger partial charge in [-0.05, 0) is 56.5 Å². The summed E-state index contributed by atoms with van der Waals surface area (Å²) in [6.45, 7) is 9.34. The molecule has 0 radical (unpaired) electrons. The van der Waals surface area contributed by atoms with Crippen molar-refractivity contribution in [3.05, 3.63) is 23.8 Å². The van der Waals surface area contributed by atoms with Gasteiger partial charge in [-0.2, -0.15) is 0 Å². The van der Waals surface area contributed by atoms with E-state index in [1.165, 1.54) is 58.7 Å². The number of rotatable bonds is 5. The van der Waals surface area contributed by atoms with Crippen molar-refractivity contribution in [3.63, 3.8) is 0 Å². The Kier molecular flexibility index (Phi) is 5.37. The van der Waals surface area contributed by atoms with E-state index in [2.05, 4.69) is 27.1 Å². The van der Waals surface area contributed by atoms with Crippen LogP contribution in [0.4, 0.5) is 0 Å². The Morgan fingerprint density at radius 3 is 2.76 bits per heavy atom. The van der Waals surface area contributed by atoms with Gasteiger partial charge in [-0.3, -0.25) is 9.69 Å². The van der Waals surface area contributed by atoms with Gasteiger partial charge in [0.25, 0.3) is 5.91 Å². The zero-order valence-electron chi connectivity index (χ0n) is 17.3. The number of carbonyl (C=O) groups is 1. The van der Waals surface area contributed by atoms with Crippen LogP contribution < -0.4 is 14.8 Å². The number of nitrogens with one attached hydrogen (secondary N) is 1. The maximum absolute atomic E-state index is 12.6. The van der Waals surface area contributed by atoms with Crippen molar-refractivity contribution in [1.82, 2.24) is 20.0 Å². The van der Waals surface area contributed by atoms with E-state index in [1.54, 1.807) is 6.07 Å². The molecule has 1 aromatic carbocycles. The van der Waals surface area contributed by atoms with Gasteiger partial charge in [0, 0.05) is 57.4 Å². The van der Waals surface area contributed by atoms with Gasteiger partial charge in [0.1, 0.15) is 0 Å². The fraction of sp³-hybridized carbons (Fsp3) is 0.682. The van der Waals surface area contributed by atoms with Crippen LogP contribution in [-0.2, 0) is 0 Å². The van der Waals surface area contributed by atoms with E-state index in [1.807, 2.05) is 12.1 Å². The van der Waals surface area contributed by atoms with Gasteiger partial charge in [0.2, 0.25) is 6.79 Å². The Morgan fingerprint density at radius 1 is 1.14 bits per heavy atom. The van der Waals surface area contributed by atoms with Gasteiger partial charge in [-0.15, -0.1) is 0 Å². The molecule has 2 bridgehead atoms. The van der Waals surface area contributed by atoms with E-state index >= 15 is 0 Å². The SMILES string of the molecule is CN1CCN(CC2CN3CCC2CC3CNC(=O)c2ccc3c(c2)OCO3)CC1. The van der Waals surface area contributed by atoms with Gasteiger partial charge in [-0.1, -0.05) is 0 Å². The number of hydrogen-bond acceptors (Lipinski definition) is 6. The number of carbonyl (C=O) groups excluding carboxylic acids is 1. The molecule has 29 heavy (non-hydrogen) atoms. The highest BCUT2D eigenvalue weighted by molar-refractivity contribution is 5.94. The number of piperidine rings is 3. The summed E-state index contributed by atoms with van der Waals surface area (Å²) in [5, 5.41) is 3.15. The number of hydrogen-bond donors (Lipinski definition) is 1. The highest BCUT2D eigenvalue weighted by Gasteiger charge is 2.40. The normalized spacial score (nSPS) is 31.8. The number of likely N-dealkylation sites (N-methyl/N-ethyl adjacent to an activating group) is 1. The molecular weight excluding hydrogens is 368 g/mol. The lowest BCUT2D eigenvalue weighted by Crippen LogP contribution is -2.59. The third-order valence-electron chi connectivity index (χ3n) is 7.24. The Balaban J connectivity index is 1.12. The number of fused-ring (bicyclic) bond motifs is 4. The minimum atomic E-state index is -0.0278. The highest BCUT2D eigenvalue weighted by atomic mass is 16.7. The Bertz CT molecular complexity index is 750. The zero-order chi connectivity index (χ0) is 19.8. The van der Waals surface area contributed by atoms with Gasteiger partial charge in [0.15, 0.2) is 11.5 Å². The summed E-state index contributed by atoms with van der Waals surface area (Å²) in [7, 11) is 2.22. The van der Waals surface area contributed by atoms with Crippen LogP contribution >= 0.6 is 0 Å². The highest BCUT2D eigenvalue weighted by Crippen LogP contribution is 2.37. The van der Waals surface area contributed by atoms with Crippen molar-refractivity contribution in [2.75, 3.05) is 66.2 Å². The molecule has 7 nitrogen and oxygen atoms in total. The minimum Gasteiger partial charge on any atom is -0.454 e. The summed E-state index contributed by atoms with van der Waals surface area (Å²) in [5.41, 5.74) is 0.637. The lowest BCUT2D eigenvalue weighted by molar-refractivity contribution is -0.0160. The summed E-state index contributed by atoms with van der Waals surface area (Å²) < 4.78 is 10.7. The minimum absolute atomic E-state index is 0.0278. The van der Waals surface area contributed by atoms with Crippen LogP contribution in [0.3, 0.4) is 0 Å². The average Bonchev–Trinajstić information content (AvgIpc) is 3.22. The molecule has 1 aromatic rings. The molecule has 5 aliphatic rings. The van der Waals surface area contributed by atoms with Crippen molar-refractivity contribution in [1.29, 1.82) is 0 Å². The first-order valence-corrected chi connectivity index (χ1v) is 11.0. The molecule has 5 aliphatic heterocycles. The molecule has 6 rings (SSSR count). The smallest absolute Gasteiger partial charge is 0.251 e. The van der Waals surface area contributed by atoms with E-state index in [0.29, 0.717) is 23.1 Å². The Hall–Kier alpha value is -1.83. The van der Waals surface area contributed by atoms with Crippen LogP contribution in [0.15, 0.2) is 18.2 Å². The molecule has 0 aromatic heterocycles. The maximum atomic E-state index is 12.6. The van der Waals surface area contributed by atoms with Crippen LogP contribution in [0.2, 0.25) is 0 Å². The van der Waals surface area contributed by atoms with E-state index in [0.717, 1.165) is 18.4 Å². The summed E-state index contributed by atoms with van der Waals surface area (Å²) in [6, 6.07) is 5.86. The lowest BCUT2D eigenvalue weighted by Gasteiger charge is -2.51. The molecule has 0 aliphatic carbocycles. The van der Waals surface area contributed by atoms with Crippen LogP contribution in [0.25, 0.3) is 0 Å². The maximum Gasteiger partial charge on any atom is 0.251 e. The molecule has 4 fully saturated rings. The average molecular weight is 401 g/mol. The summed E-state index contributed by atoms with van der Waals surface area (Å²) in [4.78, 5) is 20.3. The van der Waals surface area contributed by atoms with Crippen molar-refractivity contribution < 1.29 is 14.3 Å². The van der Waals surface area contributed by atoms with Gasteiger partial charge in [-0.25, -0.2) is 0 Å². The van der Waals surface area contributed by atoms with Crippen LogP contribution in [-0.4, -0.2) is 92.8 Å². The van der Waals surface area contributed by atoms with E-state index in [-0.39, 0.29) is 12.7 Å². The topological polar surface area (TPSA) is 57.3 Å². The fourth-order valence-electron chi connectivity index (χ4n) is 5.38. The summed E-state index contributed by atoms with van der Waals surface area (Å²) in [5.74, 6) is 2.92. The van der Waals surface area contributed by atoms with Crippen molar-refractivity contribution >= 4 is 5.91 Å². The predicted octanol–water partition coefficient (Wildman–Crippen LogP) is 1.10. The van der Waals surface area contributed by atoms with Crippen molar-refractivity contribution in [3.8, 4) is 11.5 Å². The van der Waals surface area contributed by atoms with Crippen LogP contribution in [0, 0.1) is 11.8 Å². The number of nitrogens with zero attached hydrogens (tertiary/aromatic N) is 3. The first-order chi connectivity index (χ1) is 14.2. The molecule has 158 valence electrons. The molecule has 4 atom stereocenters. The number of piperazine rings is 1. The molecule has 4 unspecified atom stereocenters. The molecule has 0 saturated carbocycles. The number of benzene rings is 1. The van der Waals surface area contributed by atoms with Crippen LogP contribution in [0.1, 0.15) is 23.2 Å². The second kappa shape index (κ2) is 8.13. The first kappa shape index (κ1) is 19.2. The van der Waals surface area contributed by atoms with Crippen molar-refractivity contribution in [2.45, 2.75) is 18.9 Å². The standard InChI is InChI=1S/C22H32N4O3/c1-24-6-8-25(9-7-24)13-18-14-26-5-4-16(18)10-19(26)12-23-22(27)17-2-3-20-21(11-17)29-15-28-20/h2-3,11,16,18-19H,4-10,12-15H2,1H3,(H,23,27). The molecule has 5 heterocycles. The van der Waals surface area contributed by atoms with Gasteiger partial charge < -0.3 is 24.6 Å². The Labute approximate surface area is 172 Å². The van der Waals surface area contributed by atoms with Crippen molar-refractivity contribution in [2.24, 2.45) is 11.8 Å². The lowest BCUT2D eigenvalue weighted by atomic mass is 9.75. The first-order valence-electron chi connectivity index (χ1n) is 11.0. The van der Waals surface area contributed by atoms with E-state index in [9.17, 15) is 4.79 Å². The molecule has 4 saturated heterocycles. The third-order valence-corrected chi connectivity index (χ3v) is 7.24. The quantitative estimate of drug-likeness (QED) is 0.799. The summed E-state index contributed by atoms with van der Waals surface area (Å²) in [6.07, 6.45) is 2.52. The largest absolute Gasteiger partial charge is 0.454 e. The van der Waals surface area contributed by atoms with E-state index in [4.69, 9.17) is 9.47 Å². The molecule has 0 spiro atoms. The number of amides is 1. The monoisotopic (exact) mass is 400 g/mol. The fourth-order valence-corrected chi connectivity index (χ4v) is 5.38. The second-order valence-electron chi connectivity index (χ2n) is 9.08. The Morgan fingerprint density at radius 2 is 1.97 bits per heavy atom. The third kappa shape index (κ3) is 4.09. The molecule has 7 heteroatoms.